The van der Waals surface area contributed by atoms with Crippen molar-refractivity contribution < 1.29 is 14.7 Å². The van der Waals surface area contributed by atoms with Crippen LogP contribution in [0.15, 0.2) is 24.3 Å². The average Bonchev–Trinajstić information content (AvgIpc) is 3.17. The van der Waals surface area contributed by atoms with E-state index in [1.165, 1.54) is 11.8 Å². The highest BCUT2D eigenvalue weighted by atomic mass is 35.5. The Morgan fingerprint density at radius 2 is 1.82 bits per heavy atom. The lowest BCUT2D eigenvalue weighted by Gasteiger charge is -2.30. The van der Waals surface area contributed by atoms with E-state index in [1.807, 2.05) is 12.1 Å². The van der Waals surface area contributed by atoms with E-state index in [0.29, 0.717) is 10.8 Å². The topological polar surface area (TPSA) is 57.6 Å². The molecule has 0 bridgehead atoms. The molecule has 1 aliphatic heterocycles. The number of aliphatic carboxylic acids is 1. The fraction of sp³-hybridized carbons (Fsp3) is 0.500. The molecule has 1 aromatic carbocycles. The summed E-state index contributed by atoms with van der Waals surface area (Å²) >= 11 is 7.43. The highest BCUT2D eigenvalue weighted by molar-refractivity contribution is 7.99. The first-order valence-corrected chi connectivity index (χ1v) is 8.92. The first-order chi connectivity index (χ1) is 10.6. The van der Waals surface area contributed by atoms with Crippen LogP contribution in [0.3, 0.4) is 0 Å². The van der Waals surface area contributed by atoms with E-state index in [-0.39, 0.29) is 17.2 Å². The Bertz CT molecular complexity index is 571. The zero-order chi connectivity index (χ0) is 15.7. The van der Waals surface area contributed by atoms with E-state index in [9.17, 15) is 14.7 Å². The molecule has 3 rings (SSSR count). The molecule has 0 radical (unpaired) electrons. The van der Waals surface area contributed by atoms with Gasteiger partial charge < -0.3 is 10.0 Å². The number of thioether (sulfide) groups is 1. The van der Waals surface area contributed by atoms with Crippen LogP contribution in [0.2, 0.25) is 5.02 Å². The van der Waals surface area contributed by atoms with Gasteiger partial charge in [0.2, 0.25) is 5.91 Å². The van der Waals surface area contributed by atoms with Gasteiger partial charge in [-0.05, 0) is 30.5 Å². The lowest BCUT2D eigenvalue weighted by molar-refractivity contribution is -0.151. The molecule has 1 N–H and O–H groups in total. The highest BCUT2D eigenvalue weighted by Crippen LogP contribution is 2.43. The van der Waals surface area contributed by atoms with Gasteiger partial charge >= 0.3 is 5.97 Å². The number of carbonyl (C=O) groups is 2. The molecule has 118 valence electrons. The summed E-state index contributed by atoms with van der Waals surface area (Å²) in [5, 5.41) is 9.86. The van der Waals surface area contributed by atoms with E-state index >= 15 is 0 Å². The number of benzene rings is 1. The molecular weight excluding hydrogens is 322 g/mol. The summed E-state index contributed by atoms with van der Waals surface area (Å²) in [7, 11) is 0. The number of hydrogen-bond donors (Lipinski definition) is 1. The molecule has 2 aliphatic rings. The smallest absolute Gasteiger partial charge is 0.327 e. The second-order valence-electron chi connectivity index (χ2n) is 5.82. The van der Waals surface area contributed by atoms with Crippen LogP contribution in [0.5, 0.6) is 0 Å². The van der Waals surface area contributed by atoms with Gasteiger partial charge in [-0.2, -0.15) is 0 Å². The van der Waals surface area contributed by atoms with E-state index in [2.05, 4.69) is 0 Å². The highest BCUT2D eigenvalue weighted by Gasteiger charge is 2.44. The first-order valence-electron chi connectivity index (χ1n) is 7.50. The maximum atomic E-state index is 12.8. The number of hydrogen-bond acceptors (Lipinski definition) is 3. The van der Waals surface area contributed by atoms with Crippen molar-refractivity contribution in [2.24, 2.45) is 5.92 Å². The summed E-state index contributed by atoms with van der Waals surface area (Å²) in [5.74, 6) is -0.512. The minimum atomic E-state index is -0.921. The number of carbonyl (C=O) groups excluding carboxylic acids is 1. The molecule has 22 heavy (non-hydrogen) atoms. The zero-order valence-electron chi connectivity index (χ0n) is 12.1. The molecule has 2 atom stereocenters. The Morgan fingerprint density at radius 3 is 2.41 bits per heavy atom. The average molecular weight is 340 g/mol. The van der Waals surface area contributed by atoms with Gasteiger partial charge in [-0.1, -0.05) is 36.6 Å². The van der Waals surface area contributed by atoms with Gasteiger partial charge in [-0.3, -0.25) is 4.79 Å². The molecule has 1 aliphatic carbocycles. The Labute approximate surface area is 138 Å². The number of rotatable bonds is 3. The van der Waals surface area contributed by atoms with Gasteiger partial charge in [0.05, 0.1) is 0 Å². The predicted octanol–water partition coefficient (Wildman–Crippen LogP) is 3.56. The quantitative estimate of drug-likeness (QED) is 0.914. The van der Waals surface area contributed by atoms with E-state index < -0.39 is 12.0 Å². The minimum absolute atomic E-state index is 0.00477. The molecule has 4 nitrogen and oxygen atoms in total. The second kappa shape index (κ2) is 6.50. The van der Waals surface area contributed by atoms with E-state index in [1.54, 1.807) is 17.0 Å². The Hall–Kier alpha value is -1.20. The molecule has 6 heteroatoms. The van der Waals surface area contributed by atoms with Crippen molar-refractivity contribution in [3.63, 3.8) is 0 Å². The van der Waals surface area contributed by atoms with Crippen molar-refractivity contribution in [1.82, 2.24) is 4.90 Å². The molecule has 1 heterocycles. The third kappa shape index (κ3) is 2.97. The Morgan fingerprint density at radius 1 is 1.18 bits per heavy atom. The standard InChI is InChI=1S/C16H18ClNO3S/c17-12-7-5-11(6-8-12)15-18(13(9-22-15)16(20)21)14(19)10-3-1-2-4-10/h5-8,10,13,15H,1-4,9H2,(H,20,21). The van der Waals surface area contributed by atoms with E-state index in [4.69, 9.17) is 11.6 Å². The van der Waals surface area contributed by atoms with Crippen molar-refractivity contribution in [3.8, 4) is 0 Å². The number of amides is 1. The SMILES string of the molecule is O=C(O)C1CSC(c2ccc(Cl)cc2)N1C(=O)C1CCCC1. The maximum Gasteiger partial charge on any atom is 0.327 e. The molecule has 1 amide bonds. The third-order valence-electron chi connectivity index (χ3n) is 4.40. The lowest BCUT2D eigenvalue weighted by atomic mass is 10.0. The molecular formula is C16H18ClNO3S. The van der Waals surface area contributed by atoms with Crippen LogP contribution in [-0.4, -0.2) is 33.7 Å². The van der Waals surface area contributed by atoms with Crippen LogP contribution >= 0.6 is 23.4 Å². The summed E-state index contributed by atoms with van der Waals surface area (Å²) in [6.45, 7) is 0. The monoisotopic (exact) mass is 339 g/mol. The van der Waals surface area contributed by atoms with Gasteiger partial charge in [0.1, 0.15) is 11.4 Å². The van der Waals surface area contributed by atoms with Gasteiger partial charge in [0.25, 0.3) is 0 Å². The number of carboxylic acids is 1. The minimum Gasteiger partial charge on any atom is -0.480 e. The van der Waals surface area contributed by atoms with Crippen molar-refractivity contribution in [3.05, 3.63) is 34.9 Å². The largest absolute Gasteiger partial charge is 0.480 e. The van der Waals surface area contributed by atoms with Gasteiger partial charge in [-0.15, -0.1) is 11.8 Å². The lowest BCUT2D eigenvalue weighted by Crippen LogP contribution is -2.45. The van der Waals surface area contributed by atoms with Crippen molar-refractivity contribution in [2.75, 3.05) is 5.75 Å². The number of halogens is 1. The number of carboxylic acid groups (broad SMARTS) is 1. The Kier molecular flexibility index (Phi) is 4.64. The van der Waals surface area contributed by atoms with Crippen molar-refractivity contribution in [1.29, 1.82) is 0 Å². The molecule has 2 unspecified atom stereocenters. The van der Waals surface area contributed by atoms with Gasteiger partial charge in [0.15, 0.2) is 0 Å². The summed E-state index contributed by atoms with van der Waals surface area (Å²) in [6.07, 6.45) is 3.86. The van der Waals surface area contributed by atoms with Crippen molar-refractivity contribution in [2.45, 2.75) is 37.1 Å². The van der Waals surface area contributed by atoms with Crippen LogP contribution in [0.25, 0.3) is 0 Å². The summed E-state index contributed by atoms with van der Waals surface area (Å²) in [5.41, 5.74) is 0.935. The van der Waals surface area contributed by atoms with Crippen LogP contribution in [0.1, 0.15) is 36.6 Å². The molecule has 2 fully saturated rings. The van der Waals surface area contributed by atoms with Gasteiger partial charge in [0, 0.05) is 16.7 Å². The first kappa shape index (κ1) is 15.7. The predicted molar refractivity (Wildman–Crippen MR) is 86.9 cm³/mol. The third-order valence-corrected chi connectivity index (χ3v) is 5.97. The van der Waals surface area contributed by atoms with E-state index in [0.717, 1.165) is 31.2 Å². The number of nitrogens with zero attached hydrogens (tertiary/aromatic N) is 1. The van der Waals surface area contributed by atoms with Crippen LogP contribution in [0, 0.1) is 5.92 Å². The fourth-order valence-electron chi connectivity index (χ4n) is 3.23. The summed E-state index contributed by atoms with van der Waals surface area (Å²) in [4.78, 5) is 26.0. The van der Waals surface area contributed by atoms with Crippen molar-refractivity contribution >= 4 is 35.2 Å². The second-order valence-corrected chi connectivity index (χ2v) is 7.37. The molecule has 0 spiro atoms. The van der Waals surface area contributed by atoms with Crippen LogP contribution in [-0.2, 0) is 9.59 Å². The maximum absolute atomic E-state index is 12.8. The zero-order valence-corrected chi connectivity index (χ0v) is 13.6. The summed E-state index contributed by atoms with van der Waals surface area (Å²) < 4.78 is 0. The Balaban J connectivity index is 1.89. The van der Waals surface area contributed by atoms with Crippen LogP contribution in [0.4, 0.5) is 0 Å². The molecule has 1 aromatic rings. The molecule has 1 saturated heterocycles. The molecule has 1 saturated carbocycles. The molecule has 0 aromatic heterocycles. The summed E-state index contributed by atoms with van der Waals surface area (Å²) in [6, 6.07) is 6.57. The van der Waals surface area contributed by atoms with Crippen LogP contribution < -0.4 is 0 Å². The fourth-order valence-corrected chi connectivity index (χ4v) is 4.79. The van der Waals surface area contributed by atoms with Gasteiger partial charge in [-0.25, -0.2) is 4.79 Å². The normalized spacial score (nSPS) is 25.6.